The van der Waals surface area contributed by atoms with E-state index in [1.807, 2.05) is 0 Å². The molecule has 35 heavy (non-hydrogen) atoms. The Morgan fingerprint density at radius 3 is 2.60 bits per heavy atom. The number of nitriles is 1. The van der Waals surface area contributed by atoms with Gasteiger partial charge in [-0.1, -0.05) is 17.8 Å². The first kappa shape index (κ1) is 24.0. The van der Waals surface area contributed by atoms with E-state index >= 15 is 0 Å². The lowest BCUT2D eigenvalue weighted by Crippen LogP contribution is -2.15. The fourth-order valence-corrected chi connectivity index (χ4v) is 4.20. The Balaban J connectivity index is 1.63. The number of hydrogen-bond donors (Lipinski definition) is 1. The molecule has 0 aliphatic carbocycles. The molecule has 2 heterocycles. The van der Waals surface area contributed by atoms with Gasteiger partial charge >= 0.3 is 6.18 Å². The summed E-state index contributed by atoms with van der Waals surface area (Å²) in [5.74, 6) is -0.171. The van der Waals surface area contributed by atoms with Crippen molar-refractivity contribution in [3.63, 3.8) is 0 Å². The van der Waals surface area contributed by atoms with Gasteiger partial charge in [-0.3, -0.25) is 9.78 Å². The summed E-state index contributed by atoms with van der Waals surface area (Å²) in [6.45, 7) is 0. The van der Waals surface area contributed by atoms with Crippen molar-refractivity contribution in [2.24, 2.45) is 0 Å². The van der Waals surface area contributed by atoms with Gasteiger partial charge in [0.2, 0.25) is 5.91 Å². The summed E-state index contributed by atoms with van der Waals surface area (Å²) in [4.78, 5) is 21.1. The van der Waals surface area contributed by atoms with E-state index in [4.69, 9.17) is 4.74 Å². The van der Waals surface area contributed by atoms with E-state index in [-0.39, 0.29) is 16.5 Å². The normalized spacial score (nSPS) is 11.2. The summed E-state index contributed by atoms with van der Waals surface area (Å²) in [6.07, 6.45) is -3.14. The molecular weight excluding hydrogens is 477 g/mol. The molecule has 0 radical (unpaired) electrons. The number of ether oxygens (including phenoxy) is 1. The summed E-state index contributed by atoms with van der Waals surface area (Å²) in [5, 5.41) is 12.8. The molecular formula is C25H17F3N4O2S. The maximum absolute atomic E-state index is 13.8. The summed E-state index contributed by atoms with van der Waals surface area (Å²) in [5.41, 5.74) is -0.0748. The van der Waals surface area contributed by atoms with E-state index in [9.17, 15) is 23.2 Å². The number of pyridine rings is 2. The van der Waals surface area contributed by atoms with Crippen LogP contribution in [-0.2, 0) is 11.0 Å². The van der Waals surface area contributed by atoms with E-state index in [2.05, 4.69) is 15.3 Å². The highest BCUT2D eigenvalue weighted by Crippen LogP contribution is 2.38. The van der Waals surface area contributed by atoms with Crippen molar-refractivity contribution in [3.05, 3.63) is 78.0 Å². The second-order valence-electron chi connectivity index (χ2n) is 7.29. The fourth-order valence-electron chi connectivity index (χ4n) is 3.40. The number of carbonyl (C=O) groups excluding carboxylic acids is 1. The number of fused-ring (bicyclic) bond motifs is 1. The van der Waals surface area contributed by atoms with Crippen molar-refractivity contribution in [1.82, 2.24) is 9.97 Å². The highest BCUT2D eigenvalue weighted by molar-refractivity contribution is 8.00. The molecule has 0 bridgehead atoms. The topological polar surface area (TPSA) is 87.9 Å². The van der Waals surface area contributed by atoms with Gasteiger partial charge in [-0.05, 0) is 54.6 Å². The highest BCUT2D eigenvalue weighted by Gasteiger charge is 2.36. The molecule has 0 fully saturated rings. The third-order valence-corrected chi connectivity index (χ3v) is 6.02. The minimum absolute atomic E-state index is 0.0296. The molecule has 0 saturated carbocycles. The highest BCUT2D eigenvalue weighted by atomic mass is 32.2. The lowest BCUT2D eigenvalue weighted by molar-refractivity contribution is -0.138. The van der Waals surface area contributed by atoms with Crippen LogP contribution in [0.1, 0.15) is 11.1 Å². The van der Waals surface area contributed by atoms with E-state index in [1.54, 1.807) is 66.9 Å². The number of aromatic nitrogens is 2. The zero-order valence-corrected chi connectivity index (χ0v) is 19.1. The molecule has 10 heteroatoms. The summed E-state index contributed by atoms with van der Waals surface area (Å²) in [7, 11) is 1.48. The smallest absolute Gasteiger partial charge is 0.417 e. The molecule has 0 unspecified atom stereocenters. The second kappa shape index (κ2) is 10.0. The standard InChI is InChI=1S/C25H17F3N4O2S/c1-34-16-9-7-15(8-10-16)22-12-19(25(26,27)28)18(13-29)24(32-22)35-14-23(33)31-21-6-2-5-20-17(21)4-3-11-30-20/h2-12H,14H2,1H3,(H,31,33). The predicted molar refractivity (Wildman–Crippen MR) is 127 cm³/mol. The van der Waals surface area contributed by atoms with Gasteiger partial charge in [0.25, 0.3) is 0 Å². The number of benzene rings is 2. The van der Waals surface area contributed by atoms with Crippen LogP contribution in [0.15, 0.2) is 71.9 Å². The first-order valence-corrected chi connectivity index (χ1v) is 11.2. The summed E-state index contributed by atoms with van der Waals surface area (Å²) in [6, 6.07) is 17.6. The van der Waals surface area contributed by atoms with Crippen LogP contribution in [0.3, 0.4) is 0 Å². The number of thioether (sulfide) groups is 1. The van der Waals surface area contributed by atoms with Gasteiger partial charge in [0.15, 0.2) is 0 Å². The van der Waals surface area contributed by atoms with Crippen molar-refractivity contribution in [2.75, 3.05) is 18.2 Å². The van der Waals surface area contributed by atoms with Crippen molar-refractivity contribution < 1.29 is 22.7 Å². The summed E-state index contributed by atoms with van der Waals surface area (Å²) < 4.78 is 46.4. The first-order valence-electron chi connectivity index (χ1n) is 10.2. The van der Waals surface area contributed by atoms with Gasteiger partial charge in [0, 0.05) is 17.1 Å². The largest absolute Gasteiger partial charge is 0.497 e. The predicted octanol–water partition coefficient (Wildman–Crippen LogP) is 5.93. The Kier molecular flexibility index (Phi) is 6.89. The molecule has 0 saturated heterocycles. The average molecular weight is 494 g/mol. The third kappa shape index (κ3) is 5.36. The lowest BCUT2D eigenvalue weighted by Gasteiger charge is -2.14. The number of carbonyl (C=O) groups is 1. The Hall–Kier alpha value is -4.10. The van der Waals surface area contributed by atoms with Crippen molar-refractivity contribution >= 4 is 34.3 Å². The van der Waals surface area contributed by atoms with E-state index in [1.165, 1.54) is 7.11 Å². The number of alkyl halides is 3. The summed E-state index contributed by atoms with van der Waals surface area (Å²) >= 11 is 0.765. The minimum atomic E-state index is -4.78. The number of nitrogens with zero attached hydrogens (tertiary/aromatic N) is 3. The number of anilines is 1. The zero-order chi connectivity index (χ0) is 25.0. The average Bonchev–Trinajstić information content (AvgIpc) is 2.86. The Morgan fingerprint density at radius 2 is 1.91 bits per heavy atom. The van der Waals surface area contributed by atoms with Gasteiger partial charge in [0.05, 0.1) is 40.9 Å². The van der Waals surface area contributed by atoms with Crippen LogP contribution >= 0.6 is 11.8 Å². The molecule has 2 aromatic heterocycles. The third-order valence-electron chi connectivity index (χ3n) is 5.05. The van der Waals surface area contributed by atoms with Gasteiger partial charge in [-0.2, -0.15) is 18.4 Å². The Morgan fingerprint density at radius 1 is 1.14 bits per heavy atom. The minimum Gasteiger partial charge on any atom is -0.497 e. The number of amides is 1. The van der Waals surface area contributed by atoms with Gasteiger partial charge in [-0.15, -0.1) is 0 Å². The number of hydrogen-bond acceptors (Lipinski definition) is 6. The monoisotopic (exact) mass is 494 g/mol. The van der Waals surface area contributed by atoms with E-state index < -0.39 is 23.2 Å². The van der Waals surface area contributed by atoms with Crippen LogP contribution < -0.4 is 10.1 Å². The first-order chi connectivity index (χ1) is 16.8. The molecule has 1 N–H and O–H groups in total. The maximum Gasteiger partial charge on any atom is 0.417 e. The molecule has 0 aliphatic rings. The van der Waals surface area contributed by atoms with Gasteiger partial charge in [-0.25, -0.2) is 4.98 Å². The van der Waals surface area contributed by atoms with Gasteiger partial charge < -0.3 is 10.1 Å². The van der Waals surface area contributed by atoms with E-state index in [0.29, 0.717) is 22.5 Å². The van der Waals surface area contributed by atoms with Crippen LogP contribution in [0, 0.1) is 11.3 Å². The molecule has 4 rings (SSSR count). The molecule has 1 amide bonds. The van der Waals surface area contributed by atoms with Crippen molar-refractivity contribution in [2.45, 2.75) is 11.2 Å². The van der Waals surface area contributed by atoms with Crippen LogP contribution in [-0.4, -0.2) is 28.7 Å². The zero-order valence-electron chi connectivity index (χ0n) is 18.3. The second-order valence-corrected chi connectivity index (χ2v) is 8.25. The maximum atomic E-state index is 13.8. The molecule has 0 atom stereocenters. The Bertz CT molecular complexity index is 1430. The number of nitrogens with one attached hydrogen (secondary N) is 1. The molecule has 2 aromatic carbocycles. The van der Waals surface area contributed by atoms with Crippen molar-refractivity contribution in [1.29, 1.82) is 5.26 Å². The Labute approximate surface area is 202 Å². The van der Waals surface area contributed by atoms with Gasteiger partial charge in [0.1, 0.15) is 16.8 Å². The molecule has 6 nitrogen and oxygen atoms in total. The fraction of sp³-hybridized carbons (Fsp3) is 0.120. The molecule has 176 valence electrons. The van der Waals surface area contributed by atoms with Crippen LogP contribution in [0.25, 0.3) is 22.2 Å². The van der Waals surface area contributed by atoms with Crippen LogP contribution in [0.5, 0.6) is 5.75 Å². The van der Waals surface area contributed by atoms with E-state index in [0.717, 1.165) is 23.2 Å². The SMILES string of the molecule is COc1ccc(-c2cc(C(F)(F)F)c(C#N)c(SCC(=O)Nc3cccc4ncccc34)n2)cc1. The van der Waals surface area contributed by atoms with Crippen molar-refractivity contribution in [3.8, 4) is 23.1 Å². The molecule has 0 aliphatic heterocycles. The number of rotatable bonds is 6. The molecule has 4 aromatic rings. The van der Waals surface area contributed by atoms with Crippen LogP contribution in [0.2, 0.25) is 0 Å². The quantitative estimate of drug-likeness (QED) is 0.335. The lowest BCUT2D eigenvalue weighted by atomic mass is 10.1. The van der Waals surface area contributed by atoms with Crippen LogP contribution in [0.4, 0.5) is 18.9 Å². The number of halogens is 3. The number of methoxy groups -OCH3 is 1. The molecule has 0 spiro atoms.